The molecule has 43 heavy (non-hydrogen) atoms. The van der Waals surface area contributed by atoms with E-state index in [0.717, 1.165) is 74.3 Å². The molecule has 0 bridgehead atoms. The van der Waals surface area contributed by atoms with Crippen molar-refractivity contribution in [2.24, 2.45) is 11.3 Å². The number of methoxy groups -OCH3 is 1. The van der Waals surface area contributed by atoms with Crippen molar-refractivity contribution in [3.8, 4) is 5.75 Å². The lowest BCUT2D eigenvalue weighted by Crippen LogP contribution is -2.46. The maximum absolute atomic E-state index is 13.6. The molecule has 1 spiro atoms. The van der Waals surface area contributed by atoms with E-state index >= 15 is 0 Å². The normalized spacial score (nSPS) is 21.7. The number of likely N-dealkylation sites (tertiary alicyclic amines) is 3. The van der Waals surface area contributed by atoms with Crippen molar-refractivity contribution >= 4 is 40.2 Å². The van der Waals surface area contributed by atoms with Gasteiger partial charge in [-0.1, -0.05) is 70.5 Å². The molecule has 0 N–H and O–H groups in total. The van der Waals surface area contributed by atoms with E-state index in [4.69, 9.17) is 4.74 Å². The van der Waals surface area contributed by atoms with Crippen LogP contribution in [0.4, 0.5) is 0 Å². The number of benzene rings is 3. The molecule has 0 saturated carbocycles. The van der Waals surface area contributed by atoms with Crippen LogP contribution in [0.1, 0.15) is 41.9 Å². The van der Waals surface area contributed by atoms with E-state index in [1.807, 2.05) is 36.4 Å². The standard InChI is InChI=1S/C35H40BrN3O3.ClH/c1-42-31-13-9-26(10-14-31)21-33(40)39-24-29(32(25-39)28-5-3-2-4-6-28)23-37-18-15-35(16-19-37)17-20-38(34(35)41)22-27-7-11-30(36)12-8-27;/h2-14,29,32H,15-25H2,1H3;1H/t29-,32+;/m0./s1. The lowest BCUT2D eigenvalue weighted by molar-refractivity contribution is -0.139. The Bertz CT molecular complexity index is 1380. The minimum atomic E-state index is -0.208. The average Bonchev–Trinajstić information content (AvgIpc) is 3.57. The molecular weight excluding hydrogens is 626 g/mol. The van der Waals surface area contributed by atoms with E-state index in [1.54, 1.807) is 7.11 Å². The molecule has 6 nitrogen and oxygen atoms in total. The van der Waals surface area contributed by atoms with Crippen LogP contribution < -0.4 is 4.74 Å². The molecule has 3 aromatic rings. The zero-order valence-corrected chi connectivity index (χ0v) is 27.2. The Balaban J connectivity index is 0.00000368. The van der Waals surface area contributed by atoms with Gasteiger partial charge in [0.15, 0.2) is 0 Å². The Morgan fingerprint density at radius 1 is 0.884 bits per heavy atom. The topological polar surface area (TPSA) is 53.1 Å². The van der Waals surface area contributed by atoms with Crippen molar-refractivity contribution in [2.75, 3.05) is 46.4 Å². The highest BCUT2D eigenvalue weighted by atomic mass is 79.9. The number of amides is 2. The van der Waals surface area contributed by atoms with Crippen LogP contribution in [-0.4, -0.2) is 72.9 Å². The zero-order chi connectivity index (χ0) is 29.1. The third-order valence-corrected chi connectivity index (χ3v) is 10.3. The number of ether oxygens (including phenoxy) is 1. The lowest BCUT2D eigenvalue weighted by atomic mass is 9.76. The molecule has 3 saturated heterocycles. The molecule has 3 aromatic carbocycles. The van der Waals surface area contributed by atoms with Gasteiger partial charge in [-0.15, -0.1) is 12.4 Å². The fourth-order valence-corrected chi connectivity index (χ4v) is 7.44. The summed E-state index contributed by atoms with van der Waals surface area (Å²) in [5.74, 6) is 2.01. The molecule has 6 rings (SSSR count). The first kappa shape index (κ1) is 31.6. The van der Waals surface area contributed by atoms with E-state index in [2.05, 4.69) is 73.1 Å². The van der Waals surface area contributed by atoms with Gasteiger partial charge in [0.1, 0.15) is 5.75 Å². The monoisotopic (exact) mass is 665 g/mol. The summed E-state index contributed by atoms with van der Waals surface area (Å²) in [5.41, 5.74) is 3.30. The van der Waals surface area contributed by atoms with E-state index in [0.29, 0.717) is 30.7 Å². The van der Waals surface area contributed by atoms with E-state index in [1.165, 1.54) is 11.1 Å². The molecule has 3 heterocycles. The van der Waals surface area contributed by atoms with Crippen molar-refractivity contribution in [3.05, 3.63) is 100 Å². The Labute approximate surface area is 269 Å². The van der Waals surface area contributed by atoms with E-state index < -0.39 is 0 Å². The van der Waals surface area contributed by atoms with Crippen LogP contribution >= 0.6 is 28.3 Å². The summed E-state index contributed by atoms with van der Waals surface area (Å²) in [4.78, 5) is 33.7. The summed E-state index contributed by atoms with van der Waals surface area (Å²) in [7, 11) is 1.65. The fourth-order valence-electron chi connectivity index (χ4n) is 7.18. The summed E-state index contributed by atoms with van der Waals surface area (Å²) in [6.07, 6.45) is 3.21. The number of carbonyl (C=O) groups excluding carboxylic acids is 2. The smallest absolute Gasteiger partial charge is 0.229 e. The van der Waals surface area contributed by atoms with Gasteiger partial charge in [-0.3, -0.25) is 9.59 Å². The second kappa shape index (κ2) is 13.8. The molecule has 0 radical (unpaired) electrons. The van der Waals surface area contributed by atoms with Gasteiger partial charge in [-0.25, -0.2) is 0 Å². The molecular formula is C35H41BrClN3O3. The fraction of sp³-hybridized carbons (Fsp3) is 0.429. The Morgan fingerprint density at radius 3 is 2.21 bits per heavy atom. The number of hydrogen-bond acceptors (Lipinski definition) is 4. The van der Waals surface area contributed by atoms with E-state index in [9.17, 15) is 9.59 Å². The first-order chi connectivity index (χ1) is 20.4. The van der Waals surface area contributed by atoms with Crippen molar-refractivity contribution in [3.63, 3.8) is 0 Å². The lowest BCUT2D eigenvalue weighted by Gasteiger charge is -2.39. The third kappa shape index (κ3) is 7.11. The second-order valence-corrected chi connectivity index (χ2v) is 13.2. The van der Waals surface area contributed by atoms with Gasteiger partial charge >= 0.3 is 0 Å². The number of nitrogens with zero attached hydrogens (tertiary/aromatic N) is 3. The molecule has 2 amide bonds. The molecule has 3 aliphatic heterocycles. The number of rotatable bonds is 8. The van der Waals surface area contributed by atoms with Crippen LogP contribution in [0.2, 0.25) is 0 Å². The highest BCUT2D eigenvalue weighted by molar-refractivity contribution is 9.10. The molecule has 2 atom stereocenters. The van der Waals surface area contributed by atoms with Crippen LogP contribution in [0.25, 0.3) is 0 Å². The summed E-state index contributed by atoms with van der Waals surface area (Å²) in [6, 6.07) is 26.8. The number of piperidine rings is 1. The van der Waals surface area contributed by atoms with Crippen LogP contribution in [0.5, 0.6) is 5.75 Å². The van der Waals surface area contributed by atoms with Gasteiger partial charge in [0, 0.05) is 43.1 Å². The van der Waals surface area contributed by atoms with Crippen molar-refractivity contribution in [1.82, 2.24) is 14.7 Å². The summed E-state index contributed by atoms with van der Waals surface area (Å²) in [6.45, 7) is 5.91. The van der Waals surface area contributed by atoms with Crippen LogP contribution in [-0.2, 0) is 22.6 Å². The van der Waals surface area contributed by atoms with Gasteiger partial charge in [0.25, 0.3) is 0 Å². The van der Waals surface area contributed by atoms with Gasteiger partial charge in [0.05, 0.1) is 18.9 Å². The number of hydrogen-bond donors (Lipinski definition) is 0. The highest BCUT2D eigenvalue weighted by Gasteiger charge is 2.48. The number of halogens is 2. The maximum atomic E-state index is 13.6. The predicted octanol–water partition coefficient (Wildman–Crippen LogP) is 6.18. The molecule has 0 aliphatic carbocycles. The Kier molecular flexibility index (Phi) is 10.2. The van der Waals surface area contributed by atoms with Crippen molar-refractivity contribution in [2.45, 2.75) is 38.1 Å². The summed E-state index contributed by atoms with van der Waals surface area (Å²) < 4.78 is 6.33. The molecule has 3 aliphatic rings. The average molecular weight is 667 g/mol. The van der Waals surface area contributed by atoms with Crippen molar-refractivity contribution in [1.29, 1.82) is 0 Å². The highest BCUT2D eigenvalue weighted by Crippen LogP contribution is 2.43. The molecule has 0 unspecified atom stereocenters. The van der Waals surface area contributed by atoms with Gasteiger partial charge in [-0.2, -0.15) is 0 Å². The molecule has 3 fully saturated rings. The number of carbonyl (C=O) groups is 2. The SMILES string of the molecule is COc1ccc(CC(=O)N2C[C@H](CN3CCC4(CC3)CCN(Cc3ccc(Br)cc3)C4=O)[C@@H](c3ccccc3)C2)cc1.Cl. The van der Waals surface area contributed by atoms with Gasteiger partial charge in [0.2, 0.25) is 11.8 Å². The predicted molar refractivity (Wildman–Crippen MR) is 175 cm³/mol. The van der Waals surface area contributed by atoms with Crippen LogP contribution in [0.3, 0.4) is 0 Å². The second-order valence-electron chi connectivity index (χ2n) is 12.3. The van der Waals surface area contributed by atoms with Crippen LogP contribution in [0.15, 0.2) is 83.3 Å². The first-order valence-corrected chi connectivity index (χ1v) is 15.9. The maximum Gasteiger partial charge on any atom is 0.229 e. The Morgan fingerprint density at radius 2 is 1.53 bits per heavy atom. The summed E-state index contributed by atoms with van der Waals surface area (Å²) >= 11 is 3.50. The molecule has 8 heteroatoms. The van der Waals surface area contributed by atoms with Crippen LogP contribution in [0, 0.1) is 11.3 Å². The van der Waals surface area contributed by atoms with E-state index in [-0.39, 0.29) is 23.7 Å². The largest absolute Gasteiger partial charge is 0.497 e. The summed E-state index contributed by atoms with van der Waals surface area (Å²) in [5, 5.41) is 0. The van der Waals surface area contributed by atoms with Crippen molar-refractivity contribution < 1.29 is 14.3 Å². The minimum absolute atomic E-state index is 0. The minimum Gasteiger partial charge on any atom is -0.497 e. The van der Waals surface area contributed by atoms with Gasteiger partial charge < -0.3 is 19.4 Å². The first-order valence-electron chi connectivity index (χ1n) is 15.1. The third-order valence-electron chi connectivity index (χ3n) is 9.73. The van der Waals surface area contributed by atoms with Gasteiger partial charge in [-0.05, 0) is 79.2 Å². The molecule has 228 valence electrons. The zero-order valence-electron chi connectivity index (χ0n) is 24.8. The Hall–Kier alpha value is -2.87. The molecule has 0 aromatic heterocycles. The quantitative estimate of drug-likeness (QED) is 0.288.